The molecule has 0 spiro atoms. The van der Waals surface area contributed by atoms with Gasteiger partial charge in [-0.3, -0.25) is 0 Å². The number of rotatable bonds is 4. The van der Waals surface area contributed by atoms with Crippen molar-refractivity contribution in [1.29, 1.82) is 5.26 Å². The summed E-state index contributed by atoms with van der Waals surface area (Å²) in [7, 11) is 0. The third-order valence-corrected chi connectivity index (χ3v) is 3.18. The number of hydrogen-bond donors (Lipinski definition) is 1. The summed E-state index contributed by atoms with van der Waals surface area (Å²) in [5.74, 6) is 1.63. The minimum atomic E-state index is 0.288. The van der Waals surface area contributed by atoms with Gasteiger partial charge in [0, 0.05) is 18.7 Å². The van der Waals surface area contributed by atoms with Crippen LogP contribution in [0.1, 0.15) is 16.7 Å². The van der Waals surface area contributed by atoms with E-state index in [2.05, 4.69) is 11.4 Å². The number of para-hydroxylation sites is 1. The summed E-state index contributed by atoms with van der Waals surface area (Å²) in [6.07, 6.45) is 0. The molecule has 0 unspecified atom stereocenters. The predicted molar refractivity (Wildman–Crippen MR) is 74.3 cm³/mol. The molecule has 3 rings (SSSR count). The molecule has 0 fully saturated rings. The van der Waals surface area contributed by atoms with Crippen molar-refractivity contribution in [3.05, 3.63) is 59.2 Å². The van der Waals surface area contributed by atoms with Gasteiger partial charge < -0.3 is 14.8 Å². The number of nitrogens with one attached hydrogen (secondary N) is 1. The minimum Gasteiger partial charge on any atom is -0.454 e. The predicted octanol–water partition coefficient (Wildman–Crippen LogP) is 2.58. The van der Waals surface area contributed by atoms with Gasteiger partial charge in [0.25, 0.3) is 0 Å². The summed E-state index contributed by atoms with van der Waals surface area (Å²) >= 11 is 0. The number of fused-ring (bicyclic) bond motifs is 1. The first-order valence-electron chi connectivity index (χ1n) is 6.44. The molecule has 1 heterocycles. The summed E-state index contributed by atoms with van der Waals surface area (Å²) in [5, 5.41) is 12.2. The molecule has 1 N–H and O–H groups in total. The Hall–Kier alpha value is -2.51. The van der Waals surface area contributed by atoms with Gasteiger partial charge >= 0.3 is 0 Å². The van der Waals surface area contributed by atoms with Crippen LogP contribution in [0.2, 0.25) is 0 Å². The number of nitriles is 1. The van der Waals surface area contributed by atoms with Crippen LogP contribution >= 0.6 is 0 Å². The largest absolute Gasteiger partial charge is 0.454 e. The molecule has 0 aromatic heterocycles. The Kier molecular flexibility index (Phi) is 3.53. The van der Waals surface area contributed by atoms with Crippen molar-refractivity contribution in [2.24, 2.45) is 0 Å². The van der Waals surface area contributed by atoms with E-state index in [-0.39, 0.29) is 6.79 Å². The molecule has 1 aliphatic rings. The maximum atomic E-state index is 8.87. The van der Waals surface area contributed by atoms with E-state index in [1.165, 1.54) is 0 Å². The summed E-state index contributed by atoms with van der Waals surface area (Å²) < 4.78 is 10.8. The molecule has 0 amide bonds. The lowest BCUT2D eigenvalue weighted by atomic mass is 10.1. The lowest BCUT2D eigenvalue weighted by Crippen LogP contribution is -2.13. The molecule has 0 radical (unpaired) electrons. The van der Waals surface area contributed by atoms with E-state index in [4.69, 9.17) is 14.7 Å². The van der Waals surface area contributed by atoms with Crippen LogP contribution in [0.25, 0.3) is 0 Å². The van der Waals surface area contributed by atoms with Gasteiger partial charge in [0.1, 0.15) is 0 Å². The maximum absolute atomic E-state index is 8.87. The summed E-state index contributed by atoms with van der Waals surface area (Å²) in [5.41, 5.74) is 2.85. The van der Waals surface area contributed by atoms with Crippen molar-refractivity contribution >= 4 is 0 Å². The average molecular weight is 266 g/mol. The summed E-state index contributed by atoms with van der Waals surface area (Å²) in [4.78, 5) is 0. The van der Waals surface area contributed by atoms with E-state index in [0.29, 0.717) is 18.7 Å². The maximum Gasteiger partial charge on any atom is 0.231 e. The zero-order valence-electron chi connectivity index (χ0n) is 10.9. The first kappa shape index (κ1) is 12.5. The second-order valence-electron chi connectivity index (χ2n) is 4.57. The van der Waals surface area contributed by atoms with Gasteiger partial charge in [0.15, 0.2) is 11.5 Å². The molecule has 0 atom stereocenters. The van der Waals surface area contributed by atoms with Gasteiger partial charge in [-0.25, -0.2) is 0 Å². The van der Waals surface area contributed by atoms with E-state index in [1.807, 2.05) is 36.4 Å². The molecule has 4 heteroatoms. The van der Waals surface area contributed by atoms with Crippen molar-refractivity contribution in [2.75, 3.05) is 6.79 Å². The third-order valence-electron chi connectivity index (χ3n) is 3.18. The Morgan fingerprint density at radius 3 is 2.90 bits per heavy atom. The van der Waals surface area contributed by atoms with Crippen molar-refractivity contribution in [1.82, 2.24) is 5.32 Å². The lowest BCUT2D eigenvalue weighted by Gasteiger charge is -2.08. The van der Waals surface area contributed by atoms with Gasteiger partial charge in [-0.15, -0.1) is 0 Å². The molecule has 0 bridgehead atoms. The normalized spacial score (nSPS) is 12.2. The average Bonchev–Trinajstić information content (AvgIpc) is 2.97. The Labute approximate surface area is 117 Å². The first-order valence-corrected chi connectivity index (χ1v) is 6.44. The van der Waals surface area contributed by atoms with Crippen LogP contribution in [0.4, 0.5) is 0 Å². The van der Waals surface area contributed by atoms with Gasteiger partial charge in [-0.05, 0) is 23.8 Å². The second kappa shape index (κ2) is 5.64. The fraction of sp³-hybridized carbons (Fsp3) is 0.188. The lowest BCUT2D eigenvalue weighted by molar-refractivity contribution is 0.173. The molecular formula is C16H14N2O2. The highest BCUT2D eigenvalue weighted by atomic mass is 16.7. The third kappa shape index (κ3) is 2.58. The van der Waals surface area contributed by atoms with E-state index < -0.39 is 0 Å². The zero-order chi connectivity index (χ0) is 13.8. The van der Waals surface area contributed by atoms with Crippen LogP contribution in [0, 0.1) is 11.3 Å². The highest BCUT2D eigenvalue weighted by Crippen LogP contribution is 2.35. The highest BCUT2D eigenvalue weighted by molar-refractivity contribution is 5.48. The number of ether oxygens (including phenoxy) is 2. The highest BCUT2D eigenvalue weighted by Gasteiger charge is 2.16. The van der Waals surface area contributed by atoms with Crippen molar-refractivity contribution < 1.29 is 9.47 Å². The topological polar surface area (TPSA) is 54.3 Å². The quantitative estimate of drug-likeness (QED) is 0.924. The molecular weight excluding hydrogens is 252 g/mol. The van der Waals surface area contributed by atoms with Crippen LogP contribution < -0.4 is 14.8 Å². The van der Waals surface area contributed by atoms with E-state index in [1.54, 1.807) is 6.07 Å². The van der Waals surface area contributed by atoms with Crippen LogP contribution in [-0.4, -0.2) is 6.79 Å². The standard InChI is InChI=1S/C16H14N2O2/c17-8-12-3-1-4-13(7-12)9-18-10-14-5-2-6-15-16(14)20-11-19-15/h1-7,18H,9-11H2. The molecule has 1 aliphatic heterocycles. The first-order chi connectivity index (χ1) is 9.86. The van der Waals surface area contributed by atoms with Crippen molar-refractivity contribution in [3.63, 3.8) is 0 Å². The van der Waals surface area contributed by atoms with Gasteiger partial charge in [0.05, 0.1) is 11.6 Å². The summed E-state index contributed by atoms with van der Waals surface area (Å²) in [6, 6.07) is 15.6. The molecule has 0 saturated heterocycles. The van der Waals surface area contributed by atoms with E-state index in [9.17, 15) is 0 Å². The molecule has 4 nitrogen and oxygen atoms in total. The van der Waals surface area contributed by atoms with Crippen LogP contribution in [0.3, 0.4) is 0 Å². The van der Waals surface area contributed by atoms with Crippen LogP contribution in [0.15, 0.2) is 42.5 Å². The van der Waals surface area contributed by atoms with Gasteiger partial charge in [-0.2, -0.15) is 5.26 Å². The zero-order valence-corrected chi connectivity index (χ0v) is 10.9. The molecule has 20 heavy (non-hydrogen) atoms. The fourth-order valence-corrected chi connectivity index (χ4v) is 2.22. The monoisotopic (exact) mass is 266 g/mol. The van der Waals surface area contributed by atoms with Gasteiger partial charge in [-0.1, -0.05) is 24.3 Å². The molecule has 2 aromatic rings. The fourth-order valence-electron chi connectivity index (χ4n) is 2.22. The van der Waals surface area contributed by atoms with Crippen LogP contribution in [-0.2, 0) is 13.1 Å². The Balaban J connectivity index is 1.63. The molecule has 2 aromatic carbocycles. The Morgan fingerprint density at radius 2 is 2.00 bits per heavy atom. The second-order valence-corrected chi connectivity index (χ2v) is 4.57. The van der Waals surface area contributed by atoms with Gasteiger partial charge in [0.2, 0.25) is 6.79 Å². The number of benzene rings is 2. The number of nitrogens with zero attached hydrogens (tertiary/aromatic N) is 1. The molecule has 0 aliphatic carbocycles. The van der Waals surface area contributed by atoms with E-state index >= 15 is 0 Å². The molecule has 0 saturated carbocycles. The smallest absolute Gasteiger partial charge is 0.231 e. The minimum absolute atomic E-state index is 0.288. The van der Waals surface area contributed by atoms with Crippen molar-refractivity contribution in [2.45, 2.75) is 13.1 Å². The Morgan fingerprint density at radius 1 is 1.10 bits per heavy atom. The van der Waals surface area contributed by atoms with Crippen molar-refractivity contribution in [3.8, 4) is 17.6 Å². The van der Waals surface area contributed by atoms with Crippen LogP contribution in [0.5, 0.6) is 11.5 Å². The summed E-state index contributed by atoms with van der Waals surface area (Å²) in [6.45, 7) is 1.69. The number of hydrogen-bond acceptors (Lipinski definition) is 4. The molecule has 100 valence electrons. The Bertz CT molecular complexity index is 662. The SMILES string of the molecule is N#Cc1cccc(CNCc2cccc3c2OCO3)c1. The van der Waals surface area contributed by atoms with E-state index in [0.717, 1.165) is 22.6 Å².